The van der Waals surface area contributed by atoms with E-state index in [1.807, 2.05) is 19.2 Å². The van der Waals surface area contributed by atoms with Gasteiger partial charge >= 0.3 is 0 Å². The van der Waals surface area contributed by atoms with Gasteiger partial charge < -0.3 is 15.4 Å². The molecular weight excluding hydrogens is 509 g/mol. The van der Waals surface area contributed by atoms with Gasteiger partial charge in [-0.3, -0.25) is 0 Å². The van der Waals surface area contributed by atoms with Crippen molar-refractivity contribution in [1.82, 2.24) is 20.4 Å². The van der Waals surface area contributed by atoms with Crippen molar-refractivity contribution < 1.29 is 17.9 Å². The molecule has 10 heteroatoms. The molecule has 0 radical (unpaired) electrons. The zero-order chi connectivity index (χ0) is 25.1. The van der Waals surface area contributed by atoms with E-state index in [2.05, 4.69) is 15.7 Å². The van der Waals surface area contributed by atoms with Crippen molar-refractivity contribution in [3.8, 4) is 5.69 Å². The van der Waals surface area contributed by atoms with Gasteiger partial charge in [0.1, 0.15) is 23.7 Å². The van der Waals surface area contributed by atoms with Crippen molar-refractivity contribution in [3.63, 3.8) is 0 Å². The quantitative estimate of drug-likeness (QED) is 0.431. The number of aryl methyl sites for hydroxylation is 1. The maximum atomic E-state index is 14.9. The third-order valence-electron chi connectivity index (χ3n) is 7.50. The number of halogens is 4. The van der Waals surface area contributed by atoms with E-state index < -0.39 is 18.1 Å². The highest BCUT2D eigenvalue weighted by Crippen LogP contribution is 2.52. The van der Waals surface area contributed by atoms with Crippen LogP contribution in [0.4, 0.5) is 13.2 Å². The zero-order valence-corrected chi connectivity index (χ0v) is 21.5. The highest BCUT2D eigenvalue weighted by atomic mass is 35.5. The van der Waals surface area contributed by atoms with Crippen molar-refractivity contribution in [2.24, 2.45) is 0 Å². The van der Waals surface area contributed by atoms with Crippen LogP contribution < -0.4 is 10.6 Å². The first kappa shape index (κ1) is 24.4. The van der Waals surface area contributed by atoms with Crippen molar-refractivity contribution in [1.29, 1.82) is 0 Å². The number of hydrogen-bond donors (Lipinski definition) is 2. The summed E-state index contributed by atoms with van der Waals surface area (Å²) in [5.41, 5.74) is 2.35. The Kier molecular flexibility index (Phi) is 6.20. The topological polar surface area (TPSA) is 51.1 Å². The average molecular weight is 537 g/mol. The normalized spacial score (nSPS) is 25.3. The lowest BCUT2D eigenvalue weighted by molar-refractivity contribution is -0.178. The summed E-state index contributed by atoms with van der Waals surface area (Å²) in [6.07, 6.45) is 5.99. The number of nitrogens with one attached hydrogen (secondary N) is 2. The van der Waals surface area contributed by atoms with Gasteiger partial charge in [0, 0.05) is 35.3 Å². The van der Waals surface area contributed by atoms with Gasteiger partial charge in [0.2, 0.25) is 0 Å². The number of ether oxygens (including phenoxy) is 1. The van der Waals surface area contributed by atoms with Gasteiger partial charge in [-0.25, -0.2) is 9.07 Å². The molecule has 2 fully saturated rings. The van der Waals surface area contributed by atoms with Crippen LogP contribution in [0, 0.1) is 12.7 Å². The van der Waals surface area contributed by atoms with Crippen LogP contribution in [-0.2, 0) is 29.2 Å². The lowest BCUT2D eigenvalue weighted by atomic mass is 9.80. The number of alkyl halides is 2. The summed E-state index contributed by atoms with van der Waals surface area (Å²) in [4.78, 5) is 0.543. The van der Waals surface area contributed by atoms with Crippen LogP contribution >= 0.6 is 22.9 Å². The van der Waals surface area contributed by atoms with Crippen molar-refractivity contribution in [3.05, 3.63) is 67.9 Å². The van der Waals surface area contributed by atoms with Crippen molar-refractivity contribution >= 4 is 22.9 Å². The molecule has 4 heterocycles. The van der Waals surface area contributed by atoms with Crippen LogP contribution in [0.3, 0.4) is 0 Å². The Labute approximate surface area is 217 Å². The Morgan fingerprint density at radius 2 is 2.14 bits per heavy atom. The van der Waals surface area contributed by atoms with Crippen molar-refractivity contribution in [2.45, 2.75) is 69.2 Å². The first-order valence-electron chi connectivity index (χ1n) is 12.4. The predicted octanol–water partition coefficient (Wildman–Crippen LogP) is 5.60. The molecule has 2 atom stereocenters. The minimum absolute atomic E-state index is 0.000268. The molecule has 1 saturated heterocycles. The molecule has 2 aliphatic heterocycles. The van der Waals surface area contributed by atoms with Crippen LogP contribution in [-0.4, -0.2) is 35.0 Å². The van der Waals surface area contributed by atoms with E-state index in [9.17, 15) is 13.2 Å². The molecule has 2 N–H and O–H groups in total. The summed E-state index contributed by atoms with van der Waals surface area (Å²) < 4.78 is 51.9. The molecule has 3 aliphatic rings. The minimum atomic E-state index is -3.03. The van der Waals surface area contributed by atoms with E-state index in [1.165, 1.54) is 23.5 Å². The average Bonchev–Trinajstić information content (AvgIpc) is 3.47. The largest absolute Gasteiger partial charge is 0.363 e. The first-order chi connectivity index (χ1) is 17.2. The summed E-state index contributed by atoms with van der Waals surface area (Å²) in [6, 6.07) is 7.01. The zero-order valence-electron chi connectivity index (χ0n) is 19.9. The van der Waals surface area contributed by atoms with Gasteiger partial charge in [-0.2, -0.15) is 13.9 Å². The molecule has 36 heavy (non-hydrogen) atoms. The van der Waals surface area contributed by atoms with E-state index in [0.717, 1.165) is 29.7 Å². The lowest BCUT2D eigenvalue weighted by Crippen LogP contribution is -2.52. The molecule has 192 valence electrons. The molecular formula is C26H28ClF3N4OS. The molecule has 1 aliphatic carbocycles. The fourth-order valence-corrected chi connectivity index (χ4v) is 6.91. The molecule has 2 unspecified atom stereocenters. The van der Waals surface area contributed by atoms with E-state index in [4.69, 9.17) is 16.3 Å². The number of hydrogen-bond acceptors (Lipinski definition) is 5. The van der Waals surface area contributed by atoms with Crippen LogP contribution in [0.25, 0.3) is 5.69 Å². The van der Waals surface area contributed by atoms with Crippen LogP contribution in [0.2, 0.25) is 4.34 Å². The van der Waals surface area contributed by atoms with Crippen LogP contribution in [0.5, 0.6) is 0 Å². The van der Waals surface area contributed by atoms with Crippen molar-refractivity contribution in [2.75, 3.05) is 13.2 Å². The fraction of sp³-hybridized carbons (Fsp3) is 0.500. The molecule has 0 amide bonds. The smallest absolute Gasteiger partial charge is 0.297 e. The molecule has 1 saturated carbocycles. The molecule has 5 nitrogen and oxygen atoms in total. The second-order valence-corrected chi connectivity index (χ2v) is 11.9. The molecule has 3 aromatic rings. The number of nitrogens with zero attached hydrogens (tertiary/aromatic N) is 2. The van der Waals surface area contributed by atoms with Gasteiger partial charge in [-0.05, 0) is 68.8 Å². The van der Waals surface area contributed by atoms with Gasteiger partial charge in [0.15, 0.2) is 0 Å². The Morgan fingerprint density at radius 3 is 2.94 bits per heavy atom. The number of piperidine rings is 1. The Hall–Kier alpha value is -1.91. The molecule has 2 aromatic heterocycles. The standard InChI is InChI=1S/C26H28ClF3N4OS/c1-15-17(13-34(33-15)23-16(3-2-4-21(23)28)12-32-18-5-6-18)9-19-11-25(7-8-31-19)24-20(10-22(27)36-24)26(29,30)14-35-25/h2-4,10,13,18-19,31-32H,5-9,11-12,14H2,1H3. The third kappa shape index (κ3) is 4.49. The SMILES string of the molecule is Cc1nn(-c2c(F)cccc2CNC2CC2)cc1CC1CC2(CCN1)OCC(F)(F)c1cc(Cl)sc12. The van der Waals surface area contributed by atoms with Gasteiger partial charge in [0.05, 0.1) is 10.0 Å². The van der Waals surface area contributed by atoms with Crippen LogP contribution in [0.15, 0.2) is 30.5 Å². The molecule has 1 spiro atoms. The fourth-order valence-electron chi connectivity index (χ4n) is 5.45. The van der Waals surface area contributed by atoms with Gasteiger partial charge in [-0.15, -0.1) is 11.3 Å². The second kappa shape index (κ2) is 9.13. The monoisotopic (exact) mass is 536 g/mol. The maximum absolute atomic E-state index is 14.9. The van der Waals surface area contributed by atoms with E-state index >= 15 is 0 Å². The lowest BCUT2D eigenvalue weighted by Gasteiger charge is -2.45. The summed E-state index contributed by atoms with van der Waals surface area (Å²) >= 11 is 7.36. The highest BCUT2D eigenvalue weighted by Gasteiger charge is 2.52. The number of benzene rings is 1. The predicted molar refractivity (Wildman–Crippen MR) is 134 cm³/mol. The number of rotatable bonds is 6. The number of para-hydroxylation sites is 1. The Morgan fingerprint density at radius 1 is 1.31 bits per heavy atom. The van der Waals surface area contributed by atoms with Gasteiger partial charge in [-0.1, -0.05) is 23.7 Å². The van der Waals surface area contributed by atoms with Gasteiger partial charge in [0.25, 0.3) is 5.92 Å². The van der Waals surface area contributed by atoms with E-state index in [0.29, 0.717) is 53.3 Å². The number of fused-ring (bicyclic) bond motifs is 2. The molecule has 1 aromatic carbocycles. The van der Waals surface area contributed by atoms with E-state index in [-0.39, 0.29) is 17.4 Å². The summed E-state index contributed by atoms with van der Waals surface area (Å²) in [6.45, 7) is 2.51. The van der Waals surface area contributed by atoms with E-state index in [1.54, 1.807) is 10.7 Å². The first-order valence-corrected chi connectivity index (χ1v) is 13.6. The Bertz CT molecular complexity index is 1290. The van der Waals surface area contributed by atoms with Crippen LogP contribution in [0.1, 0.15) is 52.9 Å². The summed E-state index contributed by atoms with van der Waals surface area (Å²) in [7, 11) is 0. The summed E-state index contributed by atoms with van der Waals surface area (Å²) in [5.74, 6) is -3.35. The Balaban J connectivity index is 1.25. The number of thiophene rings is 1. The molecule has 0 bridgehead atoms. The highest BCUT2D eigenvalue weighted by molar-refractivity contribution is 7.16. The summed E-state index contributed by atoms with van der Waals surface area (Å²) in [5, 5.41) is 11.6. The number of aromatic nitrogens is 2. The maximum Gasteiger partial charge on any atom is 0.297 e. The third-order valence-corrected chi connectivity index (χ3v) is 8.95. The minimum Gasteiger partial charge on any atom is -0.363 e. The molecule has 6 rings (SSSR count). The second-order valence-electron chi connectivity index (χ2n) is 10.2.